The Hall–Kier alpha value is -5.10. The minimum atomic E-state index is -4.67. The minimum absolute atomic E-state index is 0.0290. The lowest BCUT2D eigenvalue weighted by Crippen LogP contribution is -2.55. The van der Waals surface area contributed by atoms with Crippen molar-refractivity contribution in [3.63, 3.8) is 0 Å². The van der Waals surface area contributed by atoms with E-state index in [0.29, 0.717) is 18.4 Å². The van der Waals surface area contributed by atoms with Gasteiger partial charge in [0.25, 0.3) is 0 Å². The first-order chi connectivity index (χ1) is 27.2. The van der Waals surface area contributed by atoms with E-state index in [-0.39, 0.29) is 30.4 Å². The third kappa shape index (κ3) is 12.0. The second-order valence-electron chi connectivity index (χ2n) is 15.4. The summed E-state index contributed by atoms with van der Waals surface area (Å²) in [5.41, 5.74) is 1.83. The maximum Gasteiger partial charge on any atom is 0.422 e. The van der Waals surface area contributed by atoms with Gasteiger partial charge in [0, 0.05) is 37.3 Å². The molecule has 58 heavy (non-hydrogen) atoms. The summed E-state index contributed by atoms with van der Waals surface area (Å²) in [6.07, 6.45) is -4.72. The predicted octanol–water partition coefficient (Wildman–Crippen LogP) is 3.40. The summed E-state index contributed by atoms with van der Waals surface area (Å²) in [5.74, 6) is -5.22. The Labute approximate surface area is 332 Å². The Bertz CT molecular complexity index is 1880. The van der Waals surface area contributed by atoms with Crippen molar-refractivity contribution in [3.05, 3.63) is 88.5 Å². The molecule has 2 amide bonds. The van der Waals surface area contributed by atoms with E-state index in [0.717, 1.165) is 17.2 Å². The lowest BCUT2D eigenvalue weighted by molar-refractivity contribution is -0.182. The number of carbonyl (C=O) groups excluding carboxylic acids is 5. The third-order valence-electron chi connectivity index (χ3n) is 9.44. The Morgan fingerprint density at radius 2 is 1.64 bits per heavy atom. The van der Waals surface area contributed by atoms with Crippen molar-refractivity contribution in [2.45, 2.75) is 114 Å². The molecule has 17 heteroatoms. The smallest absolute Gasteiger partial charge is 0.422 e. The highest BCUT2D eigenvalue weighted by Gasteiger charge is 2.55. The number of aliphatic hydroxyl groups is 2. The van der Waals surface area contributed by atoms with E-state index in [2.05, 4.69) is 15.4 Å². The number of esters is 3. The maximum absolute atomic E-state index is 13.8. The van der Waals surface area contributed by atoms with Gasteiger partial charge in [0.1, 0.15) is 30.0 Å². The SMILES string of the molecule is C[C@H](O)[C@@H](NC(=O)C1=C[C@H]2OC3(Cc4ccccc4C3)O[C@H]2[C@H](OC(=O)c2ccc(C=CC(=O)OCC(F)(F)F)cc2)C1)C(=O)N[C@H](CO)CCC(=O)OC(C)(C)C. The number of aliphatic hydroxyl groups excluding tert-OH is 2. The van der Waals surface area contributed by atoms with Gasteiger partial charge in [-0.2, -0.15) is 13.2 Å². The summed E-state index contributed by atoms with van der Waals surface area (Å²) in [5, 5.41) is 25.5. The summed E-state index contributed by atoms with van der Waals surface area (Å²) in [6.45, 7) is 4.16. The monoisotopic (exact) mass is 816 g/mol. The highest BCUT2D eigenvalue weighted by atomic mass is 19.4. The molecule has 0 aromatic heterocycles. The summed E-state index contributed by atoms with van der Waals surface area (Å²) in [4.78, 5) is 64.5. The van der Waals surface area contributed by atoms with Crippen LogP contribution in [0, 0.1) is 0 Å². The van der Waals surface area contributed by atoms with E-state index in [4.69, 9.17) is 18.9 Å². The molecule has 5 rings (SSSR count). The number of carbonyl (C=O) groups is 5. The molecule has 0 bridgehead atoms. The van der Waals surface area contributed by atoms with Crippen LogP contribution in [0.25, 0.3) is 6.08 Å². The van der Waals surface area contributed by atoms with Crippen LogP contribution in [0.5, 0.6) is 0 Å². The number of benzene rings is 2. The first kappa shape index (κ1) is 44.0. The number of amides is 2. The average Bonchev–Trinajstić information content (AvgIpc) is 3.70. The van der Waals surface area contributed by atoms with E-state index in [1.807, 2.05) is 24.3 Å². The summed E-state index contributed by atoms with van der Waals surface area (Å²) in [6, 6.07) is 11.0. The number of rotatable bonds is 14. The van der Waals surface area contributed by atoms with Crippen LogP contribution in [0.4, 0.5) is 13.2 Å². The lowest BCUT2D eigenvalue weighted by Gasteiger charge is -2.31. The molecule has 4 N–H and O–H groups in total. The number of ether oxygens (including phenoxy) is 5. The summed E-state index contributed by atoms with van der Waals surface area (Å²) >= 11 is 0. The first-order valence-electron chi connectivity index (χ1n) is 18.7. The second kappa shape index (κ2) is 18.2. The molecule has 314 valence electrons. The lowest BCUT2D eigenvalue weighted by atomic mass is 9.91. The van der Waals surface area contributed by atoms with Gasteiger partial charge in [-0.05, 0) is 75.1 Å². The zero-order chi connectivity index (χ0) is 42.4. The van der Waals surface area contributed by atoms with Crippen LogP contribution in [0.15, 0.2) is 66.3 Å². The Kier molecular flexibility index (Phi) is 13.8. The molecule has 14 nitrogen and oxygen atoms in total. The van der Waals surface area contributed by atoms with Crippen LogP contribution in [0.2, 0.25) is 0 Å². The number of fused-ring (bicyclic) bond motifs is 2. The number of hydrogen-bond donors (Lipinski definition) is 4. The van der Waals surface area contributed by atoms with Crippen LogP contribution in [0.3, 0.4) is 0 Å². The number of halogens is 3. The van der Waals surface area contributed by atoms with Crippen LogP contribution in [0.1, 0.15) is 74.0 Å². The maximum atomic E-state index is 13.8. The molecule has 1 spiro atoms. The highest BCUT2D eigenvalue weighted by Crippen LogP contribution is 2.45. The molecule has 1 saturated heterocycles. The Morgan fingerprint density at radius 3 is 2.22 bits per heavy atom. The second-order valence-corrected chi connectivity index (χ2v) is 15.4. The zero-order valence-corrected chi connectivity index (χ0v) is 32.4. The molecule has 6 atom stereocenters. The summed E-state index contributed by atoms with van der Waals surface area (Å²) in [7, 11) is 0. The van der Waals surface area contributed by atoms with Crippen molar-refractivity contribution in [3.8, 4) is 0 Å². The fraction of sp³-hybridized carbons (Fsp3) is 0.488. The van der Waals surface area contributed by atoms with E-state index in [1.165, 1.54) is 43.3 Å². The van der Waals surface area contributed by atoms with E-state index < -0.39 is 97.0 Å². The van der Waals surface area contributed by atoms with Crippen molar-refractivity contribution in [2.24, 2.45) is 0 Å². The standard InChI is InChI=1S/C41H47F3N2O12/c1-23(48)34(37(52)45-29(21-47)14-16-33(50)57-39(2,3)4)46-36(51)28-17-30(35-31(18-28)56-40(58-35)19-26-7-5-6-8-27(26)20-40)55-38(53)25-12-9-24(10-13-25)11-15-32(49)54-22-41(42,43)44/h5-13,15,18,23,29-31,34-35,47-48H,14,16-17,19-22H2,1-4H3,(H,45,52)(H,46,51)/t23-,29-,30+,31+,34+,35-/m0/s1. The molecule has 0 saturated carbocycles. The molecule has 1 aliphatic heterocycles. The average molecular weight is 817 g/mol. The van der Waals surface area contributed by atoms with Gasteiger partial charge in [0.15, 0.2) is 12.4 Å². The third-order valence-corrected chi connectivity index (χ3v) is 9.44. The highest BCUT2D eigenvalue weighted by molar-refractivity contribution is 5.98. The van der Waals surface area contributed by atoms with E-state index >= 15 is 0 Å². The van der Waals surface area contributed by atoms with Crippen LogP contribution >= 0.6 is 0 Å². The van der Waals surface area contributed by atoms with Crippen LogP contribution in [-0.2, 0) is 55.7 Å². The van der Waals surface area contributed by atoms with Crippen molar-refractivity contribution >= 4 is 35.8 Å². The van der Waals surface area contributed by atoms with Gasteiger partial charge in [-0.1, -0.05) is 36.4 Å². The minimum Gasteiger partial charge on any atom is -0.460 e. The fourth-order valence-corrected chi connectivity index (χ4v) is 6.79. The predicted molar refractivity (Wildman–Crippen MR) is 198 cm³/mol. The van der Waals surface area contributed by atoms with Crippen LogP contribution in [-0.4, -0.2) is 107 Å². The number of nitrogens with one attached hydrogen (secondary N) is 2. The molecule has 0 unspecified atom stereocenters. The Balaban J connectivity index is 1.29. The quantitative estimate of drug-likeness (QED) is 0.124. The topological polar surface area (TPSA) is 196 Å². The molecule has 1 fully saturated rings. The molecule has 1 heterocycles. The van der Waals surface area contributed by atoms with Crippen molar-refractivity contribution in [1.29, 1.82) is 0 Å². The van der Waals surface area contributed by atoms with E-state index in [9.17, 15) is 47.4 Å². The van der Waals surface area contributed by atoms with Gasteiger partial charge < -0.3 is 44.5 Å². The largest absolute Gasteiger partial charge is 0.460 e. The molecule has 2 aliphatic carbocycles. The van der Waals surface area contributed by atoms with Crippen LogP contribution < -0.4 is 10.6 Å². The number of hydrogen-bond acceptors (Lipinski definition) is 12. The van der Waals surface area contributed by atoms with Gasteiger partial charge in [0.2, 0.25) is 11.8 Å². The van der Waals surface area contributed by atoms with Gasteiger partial charge in [-0.3, -0.25) is 14.4 Å². The molecular formula is C41H47F3N2O12. The molecular weight excluding hydrogens is 769 g/mol. The van der Waals surface area contributed by atoms with Gasteiger partial charge >= 0.3 is 24.1 Å². The normalized spacial score (nSPS) is 21.3. The van der Waals surface area contributed by atoms with Crippen molar-refractivity contribution in [2.75, 3.05) is 13.2 Å². The van der Waals surface area contributed by atoms with Crippen molar-refractivity contribution in [1.82, 2.24) is 10.6 Å². The zero-order valence-electron chi connectivity index (χ0n) is 32.4. The van der Waals surface area contributed by atoms with Gasteiger partial charge in [0.05, 0.1) is 24.3 Å². The molecule has 2 aromatic rings. The van der Waals surface area contributed by atoms with Gasteiger partial charge in [-0.25, -0.2) is 9.59 Å². The molecule has 3 aliphatic rings. The van der Waals surface area contributed by atoms with Gasteiger partial charge in [-0.15, -0.1) is 0 Å². The van der Waals surface area contributed by atoms with Crippen molar-refractivity contribution < 1.29 is 71.0 Å². The van der Waals surface area contributed by atoms with E-state index in [1.54, 1.807) is 20.8 Å². The first-order valence-corrected chi connectivity index (χ1v) is 18.7. The fourth-order valence-electron chi connectivity index (χ4n) is 6.79. The molecule has 2 aromatic carbocycles. The Morgan fingerprint density at radius 1 is 0.983 bits per heavy atom. The number of alkyl halides is 3. The molecule has 0 radical (unpaired) electrons. The summed E-state index contributed by atoms with van der Waals surface area (Å²) < 4.78 is 65.4.